The van der Waals surface area contributed by atoms with Crippen LogP contribution in [0.15, 0.2) is 36.4 Å². The smallest absolute Gasteiger partial charge is 0.224 e. The summed E-state index contributed by atoms with van der Waals surface area (Å²) >= 11 is 0. The van der Waals surface area contributed by atoms with Crippen LogP contribution in [0, 0.1) is 43.3 Å². The summed E-state index contributed by atoms with van der Waals surface area (Å²) < 4.78 is 13.2. The summed E-state index contributed by atoms with van der Waals surface area (Å²) in [5, 5.41) is 3.14. The first-order valence-electron chi connectivity index (χ1n) is 10.2. The van der Waals surface area contributed by atoms with E-state index in [1.165, 1.54) is 31.4 Å². The van der Waals surface area contributed by atoms with Crippen molar-refractivity contribution in [1.29, 1.82) is 0 Å². The normalized spacial score (nSPS) is 21.5. The van der Waals surface area contributed by atoms with Crippen LogP contribution in [-0.2, 0) is 11.3 Å². The summed E-state index contributed by atoms with van der Waals surface area (Å²) in [6, 6.07) is 10.6. The molecule has 0 unspecified atom stereocenters. The van der Waals surface area contributed by atoms with E-state index in [9.17, 15) is 9.18 Å². The number of carbonyl (C=O) groups is 1. The largest absolute Gasteiger partial charge is 0.356 e. The van der Waals surface area contributed by atoms with Gasteiger partial charge in [0.25, 0.3) is 0 Å². The molecule has 2 aromatic rings. The quantitative estimate of drug-likeness (QED) is 0.658. The number of carbonyl (C=O) groups excluding carboxylic acids is 1. The Morgan fingerprint density at radius 3 is 2.34 bits per heavy atom. The fraction of sp³-hybridized carbons (Fsp3) is 0.400. The van der Waals surface area contributed by atoms with Gasteiger partial charge >= 0.3 is 0 Å². The Morgan fingerprint density at radius 2 is 1.83 bits per heavy atom. The van der Waals surface area contributed by atoms with E-state index in [4.69, 9.17) is 6.42 Å². The fourth-order valence-corrected chi connectivity index (χ4v) is 4.88. The molecule has 5 rings (SSSR count). The van der Waals surface area contributed by atoms with Crippen molar-refractivity contribution < 1.29 is 9.18 Å². The zero-order chi connectivity index (χ0) is 20.6. The van der Waals surface area contributed by atoms with Crippen LogP contribution in [0.2, 0.25) is 0 Å². The van der Waals surface area contributed by atoms with Crippen molar-refractivity contribution >= 4 is 17.3 Å². The van der Waals surface area contributed by atoms with Gasteiger partial charge in [-0.25, -0.2) is 4.39 Å². The number of anilines is 2. The second-order valence-corrected chi connectivity index (χ2v) is 8.84. The van der Waals surface area contributed by atoms with E-state index in [0.717, 1.165) is 34.0 Å². The Hall–Kier alpha value is -2.80. The standard InChI is InChI=1S/C25H27FN2O/c1-4-9-28(16-19-5-7-21(26)8-6-19)22-10-17(2)24(18(3)11-22)27-23(29)15-25-12-20(13-25)14-25/h1,5-8,10-11,20H,9,12-16H2,2-3H3,(H,27,29). The van der Waals surface area contributed by atoms with Crippen molar-refractivity contribution in [2.45, 2.75) is 46.1 Å². The number of terminal acetylenes is 1. The number of halogens is 1. The van der Waals surface area contributed by atoms with Gasteiger partial charge in [-0.3, -0.25) is 4.79 Å². The fourth-order valence-electron chi connectivity index (χ4n) is 4.88. The Morgan fingerprint density at radius 1 is 1.21 bits per heavy atom. The minimum atomic E-state index is -0.247. The maximum atomic E-state index is 13.2. The maximum Gasteiger partial charge on any atom is 0.224 e. The third-order valence-electron chi connectivity index (χ3n) is 6.42. The molecule has 0 aromatic heterocycles. The van der Waals surface area contributed by atoms with E-state index < -0.39 is 0 Å². The van der Waals surface area contributed by atoms with Gasteiger partial charge in [0.2, 0.25) is 5.91 Å². The summed E-state index contributed by atoms with van der Waals surface area (Å²) in [5.41, 5.74) is 5.23. The van der Waals surface area contributed by atoms with E-state index in [-0.39, 0.29) is 11.7 Å². The topological polar surface area (TPSA) is 32.3 Å². The first-order valence-corrected chi connectivity index (χ1v) is 10.2. The van der Waals surface area contributed by atoms with Crippen LogP contribution in [0.4, 0.5) is 15.8 Å². The zero-order valence-electron chi connectivity index (χ0n) is 17.1. The number of aryl methyl sites for hydroxylation is 2. The number of rotatable bonds is 7. The van der Waals surface area contributed by atoms with E-state index in [1.807, 2.05) is 13.8 Å². The van der Waals surface area contributed by atoms with Crippen LogP contribution in [0.1, 0.15) is 42.4 Å². The van der Waals surface area contributed by atoms with Gasteiger partial charge in [0.05, 0.1) is 6.54 Å². The first kappa shape index (κ1) is 19.5. The van der Waals surface area contributed by atoms with Crippen LogP contribution in [0.5, 0.6) is 0 Å². The van der Waals surface area contributed by atoms with Crippen LogP contribution in [0.25, 0.3) is 0 Å². The lowest BCUT2D eigenvalue weighted by Crippen LogP contribution is -2.53. The average molecular weight is 391 g/mol. The van der Waals surface area contributed by atoms with Crippen LogP contribution >= 0.6 is 0 Å². The number of benzene rings is 2. The second kappa shape index (κ2) is 7.55. The van der Waals surface area contributed by atoms with E-state index in [1.54, 1.807) is 12.1 Å². The van der Waals surface area contributed by atoms with E-state index in [0.29, 0.717) is 24.9 Å². The zero-order valence-corrected chi connectivity index (χ0v) is 17.1. The van der Waals surface area contributed by atoms with Crippen molar-refractivity contribution in [3.05, 3.63) is 58.9 Å². The molecular weight excluding hydrogens is 363 g/mol. The summed E-state index contributed by atoms with van der Waals surface area (Å²) in [4.78, 5) is 14.6. The molecule has 29 heavy (non-hydrogen) atoms. The molecule has 3 aliphatic rings. The lowest BCUT2D eigenvalue weighted by atomic mass is 9.43. The third kappa shape index (κ3) is 4.00. The van der Waals surface area contributed by atoms with Gasteiger partial charge in [0, 0.05) is 24.3 Å². The highest BCUT2D eigenvalue weighted by Crippen LogP contribution is 2.66. The molecular formula is C25H27FN2O. The predicted octanol–water partition coefficient (Wildman–Crippen LogP) is 5.21. The Balaban J connectivity index is 1.49. The van der Waals surface area contributed by atoms with Crippen molar-refractivity contribution in [3.8, 4) is 12.3 Å². The average Bonchev–Trinajstić information content (AvgIpc) is 2.61. The number of nitrogens with zero attached hydrogens (tertiary/aromatic N) is 1. The van der Waals surface area contributed by atoms with Crippen LogP contribution in [-0.4, -0.2) is 12.5 Å². The van der Waals surface area contributed by atoms with Gasteiger partial charge < -0.3 is 10.2 Å². The lowest BCUT2D eigenvalue weighted by molar-refractivity contribution is -0.139. The summed E-state index contributed by atoms with van der Waals surface area (Å²) in [7, 11) is 0. The second-order valence-electron chi connectivity index (χ2n) is 8.84. The molecule has 3 nitrogen and oxygen atoms in total. The molecule has 2 bridgehead atoms. The molecule has 3 aliphatic carbocycles. The molecule has 0 atom stereocenters. The molecule has 0 spiro atoms. The molecule has 150 valence electrons. The monoisotopic (exact) mass is 390 g/mol. The van der Waals surface area contributed by atoms with Gasteiger partial charge in [-0.2, -0.15) is 0 Å². The molecule has 4 heteroatoms. The number of hydrogen-bond acceptors (Lipinski definition) is 2. The Labute approximate surface area is 172 Å². The van der Waals surface area contributed by atoms with Crippen LogP contribution < -0.4 is 10.2 Å². The van der Waals surface area contributed by atoms with Crippen molar-refractivity contribution in [1.82, 2.24) is 0 Å². The van der Waals surface area contributed by atoms with Gasteiger partial charge in [-0.15, -0.1) is 6.42 Å². The molecule has 0 radical (unpaired) electrons. The highest BCUT2D eigenvalue weighted by molar-refractivity contribution is 5.93. The lowest BCUT2D eigenvalue weighted by Gasteiger charge is -2.61. The summed E-state index contributed by atoms with van der Waals surface area (Å²) in [5.74, 6) is 3.46. The van der Waals surface area contributed by atoms with Gasteiger partial charge in [0.1, 0.15) is 5.82 Å². The molecule has 0 heterocycles. The van der Waals surface area contributed by atoms with Crippen LogP contribution in [0.3, 0.4) is 0 Å². The number of hydrogen-bond donors (Lipinski definition) is 1. The molecule has 1 amide bonds. The predicted molar refractivity (Wildman–Crippen MR) is 115 cm³/mol. The molecule has 0 aliphatic heterocycles. The molecule has 2 aromatic carbocycles. The third-order valence-corrected chi connectivity index (χ3v) is 6.42. The minimum absolute atomic E-state index is 0.119. The Kier molecular flexibility index (Phi) is 5.08. The maximum absolute atomic E-state index is 13.2. The SMILES string of the molecule is C#CCN(Cc1ccc(F)cc1)c1cc(C)c(NC(=O)CC23CC(C2)C3)c(C)c1. The Bertz CT molecular complexity index is 933. The van der Waals surface area contributed by atoms with Gasteiger partial charge in [-0.1, -0.05) is 18.1 Å². The van der Waals surface area contributed by atoms with Gasteiger partial charge in [-0.05, 0) is 85.4 Å². The first-order chi connectivity index (χ1) is 13.9. The molecule has 3 fully saturated rings. The van der Waals surface area contributed by atoms with Gasteiger partial charge in [0.15, 0.2) is 0 Å². The highest BCUT2D eigenvalue weighted by atomic mass is 19.1. The van der Waals surface area contributed by atoms with Crippen molar-refractivity contribution in [3.63, 3.8) is 0 Å². The molecule has 1 N–H and O–H groups in total. The summed E-state index contributed by atoms with van der Waals surface area (Å²) in [6.07, 6.45) is 9.90. The van der Waals surface area contributed by atoms with Crippen molar-refractivity contribution in [2.75, 3.05) is 16.8 Å². The van der Waals surface area contributed by atoms with E-state index >= 15 is 0 Å². The molecule has 3 saturated carbocycles. The minimum Gasteiger partial charge on any atom is -0.356 e. The number of amides is 1. The molecule has 0 saturated heterocycles. The number of nitrogens with one attached hydrogen (secondary N) is 1. The highest BCUT2D eigenvalue weighted by Gasteiger charge is 2.56. The summed E-state index contributed by atoms with van der Waals surface area (Å²) in [6.45, 7) is 5.07. The van der Waals surface area contributed by atoms with Crippen molar-refractivity contribution in [2.24, 2.45) is 11.3 Å². The van der Waals surface area contributed by atoms with E-state index in [2.05, 4.69) is 28.3 Å².